The lowest BCUT2D eigenvalue weighted by Crippen LogP contribution is -2.31. The zero-order valence-corrected chi connectivity index (χ0v) is 11.1. The SMILES string of the molecule is Cc1nccc2c1c(N)nn2C1(CC#N)CCCC1. The molecule has 0 aromatic carbocycles. The molecule has 2 heterocycles. The Bertz CT molecular complexity index is 658. The van der Waals surface area contributed by atoms with E-state index in [1.807, 2.05) is 17.7 Å². The van der Waals surface area contributed by atoms with Gasteiger partial charge < -0.3 is 5.73 Å². The van der Waals surface area contributed by atoms with Crippen molar-refractivity contribution in [2.45, 2.75) is 44.6 Å². The Morgan fingerprint density at radius 2 is 2.21 bits per heavy atom. The van der Waals surface area contributed by atoms with E-state index in [0.29, 0.717) is 12.2 Å². The molecule has 0 spiro atoms. The first kappa shape index (κ1) is 12.0. The Hall–Kier alpha value is -2.09. The number of nitrogen functional groups attached to an aromatic ring is 1. The highest BCUT2D eigenvalue weighted by molar-refractivity contribution is 5.91. The standard InChI is InChI=1S/C14H17N5/c1-10-12-11(4-9-17-10)19(18-13(12)16)14(7-8-15)5-2-3-6-14/h4,9H,2-3,5-7H2,1H3,(H2,16,18). The fraction of sp³-hybridized carbons (Fsp3) is 0.500. The van der Waals surface area contributed by atoms with Crippen molar-refractivity contribution < 1.29 is 0 Å². The minimum absolute atomic E-state index is 0.182. The minimum Gasteiger partial charge on any atom is -0.382 e. The topological polar surface area (TPSA) is 80.5 Å². The Morgan fingerprint density at radius 1 is 1.47 bits per heavy atom. The number of nitriles is 1. The predicted molar refractivity (Wildman–Crippen MR) is 73.3 cm³/mol. The average molecular weight is 255 g/mol. The molecule has 1 fully saturated rings. The van der Waals surface area contributed by atoms with Gasteiger partial charge in [0, 0.05) is 6.20 Å². The predicted octanol–water partition coefficient (Wildman–Crippen LogP) is 2.50. The van der Waals surface area contributed by atoms with Crippen molar-refractivity contribution in [1.29, 1.82) is 5.26 Å². The van der Waals surface area contributed by atoms with Gasteiger partial charge in [-0.3, -0.25) is 9.67 Å². The molecule has 3 rings (SSSR count). The number of pyridine rings is 1. The molecule has 0 aliphatic heterocycles. The maximum Gasteiger partial charge on any atom is 0.155 e. The van der Waals surface area contributed by atoms with E-state index in [4.69, 9.17) is 11.0 Å². The van der Waals surface area contributed by atoms with Crippen LogP contribution in [-0.2, 0) is 5.54 Å². The number of nitrogens with two attached hydrogens (primary N) is 1. The largest absolute Gasteiger partial charge is 0.382 e. The van der Waals surface area contributed by atoms with Gasteiger partial charge in [-0.2, -0.15) is 10.4 Å². The molecule has 19 heavy (non-hydrogen) atoms. The van der Waals surface area contributed by atoms with Crippen LogP contribution in [0.15, 0.2) is 12.3 Å². The summed E-state index contributed by atoms with van der Waals surface area (Å²) in [5.41, 5.74) is 7.76. The van der Waals surface area contributed by atoms with Gasteiger partial charge in [-0.25, -0.2) is 0 Å². The Labute approximate surface area is 112 Å². The molecule has 0 amide bonds. The van der Waals surface area contributed by atoms with Crippen LogP contribution in [0.4, 0.5) is 5.82 Å². The van der Waals surface area contributed by atoms with Gasteiger partial charge in [0.2, 0.25) is 0 Å². The maximum atomic E-state index is 9.15. The third kappa shape index (κ3) is 1.67. The number of nitrogens with zero attached hydrogens (tertiary/aromatic N) is 4. The molecule has 98 valence electrons. The first-order valence-electron chi connectivity index (χ1n) is 6.65. The summed E-state index contributed by atoms with van der Waals surface area (Å²) in [6.45, 7) is 1.94. The molecule has 0 bridgehead atoms. The van der Waals surface area contributed by atoms with Gasteiger partial charge in [-0.15, -0.1) is 0 Å². The highest BCUT2D eigenvalue weighted by atomic mass is 15.3. The van der Waals surface area contributed by atoms with Gasteiger partial charge in [0.05, 0.1) is 34.6 Å². The highest BCUT2D eigenvalue weighted by Crippen LogP contribution is 2.41. The summed E-state index contributed by atoms with van der Waals surface area (Å²) in [4.78, 5) is 4.28. The van der Waals surface area contributed by atoms with Crippen molar-refractivity contribution >= 4 is 16.7 Å². The van der Waals surface area contributed by atoms with E-state index in [9.17, 15) is 0 Å². The Morgan fingerprint density at radius 3 is 2.89 bits per heavy atom. The van der Waals surface area contributed by atoms with Crippen molar-refractivity contribution in [3.63, 3.8) is 0 Å². The summed E-state index contributed by atoms with van der Waals surface area (Å²) in [6, 6.07) is 4.27. The van der Waals surface area contributed by atoms with E-state index in [2.05, 4.69) is 16.2 Å². The van der Waals surface area contributed by atoms with Gasteiger partial charge in [0.25, 0.3) is 0 Å². The molecule has 0 radical (unpaired) electrons. The van der Waals surface area contributed by atoms with Crippen molar-refractivity contribution in [3.8, 4) is 6.07 Å². The number of hydrogen-bond acceptors (Lipinski definition) is 4. The number of hydrogen-bond donors (Lipinski definition) is 1. The lowest BCUT2D eigenvalue weighted by Gasteiger charge is -2.27. The van der Waals surface area contributed by atoms with Gasteiger partial charge in [-0.05, 0) is 25.8 Å². The van der Waals surface area contributed by atoms with E-state index in [-0.39, 0.29) is 5.54 Å². The molecule has 1 aliphatic carbocycles. The summed E-state index contributed by atoms with van der Waals surface area (Å²) in [6.07, 6.45) is 6.56. The summed E-state index contributed by atoms with van der Waals surface area (Å²) >= 11 is 0. The number of fused-ring (bicyclic) bond motifs is 1. The molecule has 1 saturated carbocycles. The van der Waals surface area contributed by atoms with Crippen molar-refractivity contribution in [3.05, 3.63) is 18.0 Å². The summed E-state index contributed by atoms with van der Waals surface area (Å²) in [7, 11) is 0. The molecule has 5 nitrogen and oxygen atoms in total. The molecular weight excluding hydrogens is 238 g/mol. The van der Waals surface area contributed by atoms with E-state index >= 15 is 0 Å². The quantitative estimate of drug-likeness (QED) is 0.894. The van der Waals surface area contributed by atoms with E-state index < -0.39 is 0 Å². The summed E-state index contributed by atoms with van der Waals surface area (Å²) in [5, 5.41) is 14.6. The maximum absolute atomic E-state index is 9.15. The van der Waals surface area contributed by atoms with Crippen LogP contribution in [0, 0.1) is 18.3 Å². The van der Waals surface area contributed by atoms with Crippen LogP contribution in [0.1, 0.15) is 37.8 Å². The lowest BCUT2D eigenvalue weighted by molar-refractivity contribution is 0.280. The van der Waals surface area contributed by atoms with Gasteiger partial charge in [0.15, 0.2) is 5.82 Å². The summed E-state index contributed by atoms with van der Waals surface area (Å²) < 4.78 is 1.99. The van der Waals surface area contributed by atoms with Crippen LogP contribution in [0.5, 0.6) is 0 Å². The molecule has 2 aromatic rings. The number of rotatable bonds is 2. The van der Waals surface area contributed by atoms with Gasteiger partial charge >= 0.3 is 0 Å². The second-order valence-corrected chi connectivity index (χ2v) is 5.35. The first-order chi connectivity index (χ1) is 9.18. The fourth-order valence-corrected chi connectivity index (χ4v) is 3.26. The normalized spacial score (nSPS) is 17.7. The summed E-state index contributed by atoms with van der Waals surface area (Å²) in [5.74, 6) is 0.518. The zero-order chi connectivity index (χ0) is 13.5. The van der Waals surface area contributed by atoms with Gasteiger partial charge in [0.1, 0.15) is 0 Å². The van der Waals surface area contributed by atoms with Crippen LogP contribution in [0.3, 0.4) is 0 Å². The highest BCUT2D eigenvalue weighted by Gasteiger charge is 2.38. The molecule has 2 aromatic heterocycles. The van der Waals surface area contributed by atoms with Crippen molar-refractivity contribution in [1.82, 2.24) is 14.8 Å². The molecule has 0 atom stereocenters. The van der Waals surface area contributed by atoms with Crippen LogP contribution in [0.2, 0.25) is 0 Å². The molecule has 5 heteroatoms. The smallest absolute Gasteiger partial charge is 0.155 e. The van der Waals surface area contributed by atoms with Crippen LogP contribution < -0.4 is 5.73 Å². The fourth-order valence-electron chi connectivity index (χ4n) is 3.26. The Balaban J connectivity index is 2.25. The number of aromatic nitrogens is 3. The molecule has 0 saturated heterocycles. The monoisotopic (exact) mass is 255 g/mol. The minimum atomic E-state index is -0.182. The lowest BCUT2D eigenvalue weighted by atomic mass is 9.94. The van der Waals surface area contributed by atoms with Crippen LogP contribution in [-0.4, -0.2) is 14.8 Å². The average Bonchev–Trinajstić information content (AvgIpc) is 2.97. The van der Waals surface area contributed by atoms with E-state index in [1.54, 1.807) is 6.20 Å². The third-order valence-electron chi connectivity index (χ3n) is 4.20. The molecule has 2 N–H and O–H groups in total. The molecule has 0 unspecified atom stereocenters. The van der Waals surface area contributed by atoms with Crippen LogP contribution >= 0.6 is 0 Å². The first-order valence-corrected chi connectivity index (χ1v) is 6.65. The zero-order valence-electron chi connectivity index (χ0n) is 11.1. The van der Waals surface area contributed by atoms with Crippen LogP contribution in [0.25, 0.3) is 10.9 Å². The second kappa shape index (κ2) is 4.23. The Kier molecular flexibility index (Phi) is 2.67. The van der Waals surface area contributed by atoms with Crippen molar-refractivity contribution in [2.75, 3.05) is 5.73 Å². The molecule has 1 aliphatic rings. The van der Waals surface area contributed by atoms with Gasteiger partial charge in [-0.1, -0.05) is 12.8 Å². The van der Waals surface area contributed by atoms with E-state index in [1.165, 1.54) is 0 Å². The number of aryl methyl sites for hydroxylation is 1. The van der Waals surface area contributed by atoms with Crippen molar-refractivity contribution in [2.24, 2.45) is 0 Å². The number of anilines is 1. The van der Waals surface area contributed by atoms with E-state index in [0.717, 1.165) is 42.3 Å². The molecular formula is C14H17N5. The third-order valence-corrected chi connectivity index (χ3v) is 4.20. The second-order valence-electron chi connectivity index (χ2n) is 5.35.